The van der Waals surface area contributed by atoms with E-state index in [2.05, 4.69) is 20.3 Å². The zero-order valence-electron chi connectivity index (χ0n) is 15.1. The minimum absolute atomic E-state index is 0.0235. The van der Waals surface area contributed by atoms with Gasteiger partial charge >= 0.3 is 5.97 Å². The number of thiazole rings is 1. The van der Waals surface area contributed by atoms with Crippen molar-refractivity contribution in [3.8, 4) is 11.3 Å². The summed E-state index contributed by atoms with van der Waals surface area (Å²) < 4.78 is 5.02. The second-order valence-corrected chi connectivity index (χ2v) is 7.73. The van der Waals surface area contributed by atoms with Gasteiger partial charge in [0.2, 0.25) is 0 Å². The Labute approximate surface area is 184 Å². The third kappa shape index (κ3) is 4.56. The molecule has 150 valence electrons. The number of carbonyl (C=O) groups is 2. The molecule has 7 nitrogen and oxygen atoms in total. The summed E-state index contributed by atoms with van der Waals surface area (Å²) in [5.74, 6) is -1.27. The highest BCUT2D eigenvalue weighted by Crippen LogP contribution is 2.32. The van der Waals surface area contributed by atoms with E-state index in [1.807, 2.05) is 6.07 Å². The van der Waals surface area contributed by atoms with Crippen LogP contribution in [0, 0.1) is 0 Å². The summed E-state index contributed by atoms with van der Waals surface area (Å²) >= 11 is 13.3. The number of hydrogen-bond acceptors (Lipinski definition) is 7. The molecular weight excluding hydrogens is 447 g/mol. The van der Waals surface area contributed by atoms with Crippen LogP contribution in [0.1, 0.15) is 10.5 Å². The van der Waals surface area contributed by atoms with Crippen molar-refractivity contribution in [2.45, 2.75) is 0 Å². The zero-order valence-corrected chi connectivity index (χ0v) is 17.5. The first-order valence-corrected chi connectivity index (χ1v) is 10.2. The molecule has 4 aromatic rings. The number of carbonyl (C=O) groups excluding carboxylic acids is 2. The van der Waals surface area contributed by atoms with Gasteiger partial charge in [-0.2, -0.15) is 0 Å². The highest BCUT2D eigenvalue weighted by molar-refractivity contribution is 7.14. The van der Waals surface area contributed by atoms with E-state index in [1.54, 1.807) is 41.8 Å². The fraction of sp³-hybridized carbons (Fsp3) is 0.0500. The third-order valence-corrected chi connectivity index (χ3v) is 5.26. The summed E-state index contributed by atoms with van der Waals surface area (Å²) in [6, 6.07) is 12.2. The molecule has 1 amide bonds. The van der Waals surface area contributed by atoms with Crippen molar-refractivity contribution in [1.29, 1.82) is 0 Å². The lowest BCUT2D eigenvalue weighted by Crippen LogP contribution is -2.21. The van der Waals surface area contributed by atoms with Crippen LogP contribution < -0.4 is 5.32 Å². The Kier molecular flexibility index (Phi) is 5.89. The van der Waals surface area contributed by atoms with E-state index in [4.69, 9.17) is 27.9 Å². The topological polar surface area (TPSA) is 94.1 Å². The second kappa shape index (κ2) is 8.74. The highest BCUT2D eigenvalue weighted by atomic mass is 35.5. The molecule has 30 heavy (non-hydrogen) atoms. The maximum atomic E-state index is 12.2. The first kappa shape index (κ1) is 20.2. The molecule has 0 aliphatic rings. The van der Waals surface area contributed by atoms with Crippen LogP contribution in [0.2, 0.25) is 10.0 Å². The zero-order chi connectivity index (χ0) is 21.1. The molecule has 2 heterocycles. The molecule has 0 aliphatic heterocycles. The van der Waals surface area contributed by atoms with Crippen LogP contribution in [-0.2, 0) is 9.53 Å². The van der Waals surface area contributed by atoms with Gasteiger partial charge in [-0.15, -0.1) is 11.3 Å². The minimum atomic E-state index is -0.740. The van der Waals surface area contributed by atoms with Crippen LogP contribution in [0.4, 0.5) is 5.13 Å². The number of aromatic nitrogens is 3. The number of ether oxygens (including phenoxy) is 1. The van der Waals surface area contributed by atoms with Crippen molar-refractivity contribution in [2.75, 3.05) is 11.9 Å². The molecule has 10 heteroatoms. The van der Waals surface area contributed by atoms with Crippen LogP contribution in [0.5, 0.6) is 0 Å². The van der Waals surface area contributed by atoms with Gasteiger partial charge < -0.3 is 4.74 Å². The van der Waals surface area contributed by atoms with Crippen LogP contribution >= 0.6 is 34.5 Å². The predicted molar refractivity (Wildman–Crippen MR) is 116 cm³/mol. The first-order valence-electron chi connectivity index (χ1n) is 8.59. The summed E-state index contributed by atoms with van der Waals surface area (Å²) in [6.45, 7) is -0.482. The van der Waals surface area contributed by atoms with Gasteiger partial charge in [0, 0.05) is 16.0 Å². The minimum Gasteiger partial charge on any atom is -0.451 e. The second-order valence-electron chi connectivity index (χ2n) is 6.03. The van der Waals surface area contributed by atoms with Crippen LogP contribution in [0.25, 0.3) is 22.3 Å². The average molecular weight is 459 g/mol. The fourth-order valence-corrected chi connectivity index (χ4v) is 3.80. The third-order valence-electron chi connectivity index (χ3n) is 3.95. The van der Waals surface area contributed by atoms with Gasteiger partial charge in [-0.05, 0) is 30.3 Å². The number of amides is 1. The Morgan fingerprint density at radius 3 is 2.67 bits per heavy atom. The number of hydrogen-bond donors (Lipinski definition) is 1. The van der Waals surface area contributed by atoms with Gasteiger partial charge in [-0.25, -0.2) is 14.8 Å². The van der Waals surface area contributed by atoms with E-state index in [0.29, 0.717) is 37.5 Å². The van der Waals surface area contributed by atoms with Gasteiger partial charge in [-0.1, -0.05) is 35.3 Å². The van der Waals surface area contributed by atoms with E-state index in [0.717, 1.165) is 0 Å². The van der Waals surface area contributed by atoms with Crippen molar-refractivity contribution < 1.29 is 14.3 Å². The van der Waals surface area contributed by atoms with Crippen molar-refractivity contribution in [1.82, 2.24) is 15.0 Å². The summed E-state index contributed by atoms with van der Waals surface area (Å²) in [7, 11) is 0. The lowest BCUT2D eigenvalue weighted by atomic mass is 10.2. The van der Waals surface area contributed by atoms with Crippen LogP contribution in [0.15, 0.2) is 54.0 Å². The molecular formula is C20H12Cl2N4O3S. The maximum Gasteiger partial charge on any atom is 0.359 e. The van der Waals surface area contributed by atoms with E-state index in [9.17, 15) is 9.59 Å². The van der Waals surface area contributed by atoms with Gasteiger partial charge in [0.15, 0.2) is 17.4 Å². The standard InChI is InChI=1S/C20H12Cl2N4O3S/c21-11-5-6-12(13(22)7-11)17-10-30-20(25-17)26-18(27)9-29-19(28)16-8-23-14-3-1-2-4-15(14)24-16/h1-8,10H,9H2,(H,25,26,27). The Hall–Kier alpha value is -3.07. The first-order chi connectivity index (χ1) is 14.5. The number of rotatable bonds is 5. The normalized spacial score (nSPS) is 10.7. The average Bonchev–Trinajstić information content (AvgIpc) is 3.19. The molecule has 0 aliphatic carbocycles. The molecule has 2 aromatic heterocycles. The SMILES string of the molecule is O=C(COC(=O)c1cnc2ccccc2n1)Nc1nc(-c2ccc(Cl)cc2Cl)cs1. The largest absolute Gasteiger partial charge is 0.451 e. The van der Waals surface area contributed by atoms with E-state index in [-0.39, 0.29) is 5.69 Å². The number of para-hydroxylation sites is 2. The number of halogens is 2. The molecule has 4 rings (SSSR count). The number of fused-ring (bicyclic) bond motifs is 1. The van der Waals surface area contributed by atoms with Gasteiger partial charge in [0.25, 0.3) is 5.91 Å². The predicted octanol–water partition coefficient (Wildman–Crippen LogP) is 4.86. The van der Waals surface area contributed by atoms with Gasteiger partial charge in [0.1, 0.15) is 0 Å². The number of nitrogens with zero attached hydrogens (tertiary/aromatic N) is 3. The summed E-state index contributed by atoms with van der Waals surface area (Å²) in [5.41, 5.74) is 2.54. The quantitative estimate of drug-likeness (QED) is 0.429. The van der Waals surface area contributed by atoms with Crippen molar-refractivity contribution in [3.05, 3.63) is 69.8 Å². The van der Waals surface area contributed by atoms with Crippen LogP contribution in [-0.4, -0.2) is 33.4 Å². The molecule has 0 fully saturated rings. The number of benzene rings is 2. The van der Waals surface area contributed by atoms with E-state index in [1.165, 1.54) is 17.5 Å². The Bertz CT molecular complexity index is 1260. The Morgan fingerprint density at radius 1 is 1.07 bits per heavy atom. The highest BCUT2D eigenvalue weighted by Gasteiger charge is 2.15. The molecule has 0 bridgehead atoms. The van der Waals surface area contributed by atoms with E-state index < -0.39 is 18.5 Å². The van der Waals surface area contributed by atoms with Crippen molar-refractivity contribution in [3.63, 3.8) is 0 Å². The molecule has 0 unspecified atom stereocenters. The summed E-state index contributed by atoms with van der Waals surface area (Å²) in [5, 5.41) is 5.66. The van der Waals surface area contributed by atoms with Gasteiger partial charge in [-0.3, -0.25) is 15.1 Å². The maximum absolute atomic E-state index is 12.2. The smallest absolute Gasteiger partial charge is 0.359 e. The Balaban J connectivity index is 1.36. The van der Waals surface area contributed by atoms with E-state index >= 15 is 0 Å². The van der Waals surface area contributed by atoms with Gasteiger partial charge in [0.05, 0.1) is 27.9 Å². The molecule has 0 saturated heterocycles. The molecule has 0 atom stereocenters. The monoisotopic (exact) mass is 458 g/mol. The molecule has 0 radical (unpaired) electrons. The summed E-state index contributed by atoms with van der Waals surface area (Å²) in [4.78, 5) is 36.9. The van der Waals surface area contributed by atoms with Crippen molar-refractivity contribution in [2.24, 2.45) is 0 Å². The summed E-state index contributed by atoms with van der Waals surface area (Å²) in [6.07, 6.45) is 1.31. The lowest BCUT2D eigenvalue weighted by Gasteiger charge is -2.05. The molecule has 0 spiro atoms. The number of nitrogens with one attached hydrogen (secondary N) is 1. The lowest BCUT2D eigenvalue weighted by molar-refractivity contribution is -0.119. The molecule has 1 N–H and O–H groups in total. The van der Waals surface area contributed by atoms with Crippen LogP contribution in [0.3, 0.4) is 0 Å². The molecule has 0 saturated carbocycles. The van der Waals surface area contributed by atoms with Crippen molar-refractivity contribution >= 4 is 62.6 Å². The fourth-order valence-electron chi connectivity index (χ4n) is 2.57. The Morgan fingerprint density at radius 2 is 1.87 bits per heavy atom. The molecule has 2 aromatic carbocycles. The number of esters is 1. The number of anilines is 1.